The van der Waals surface area contributed by atoms with Crippen LogP contribution in [0.2, 0.25) is 0 Å². The largest absolute Gasteiger partial charge is 0.393 e. The molecular formula is C12H24N2O2. The summed E-state index contributed by atoms with van der Waals surface area (Å²) in [5.74, 6) is 0.192. The summed E-state index contributed by atoms with van der Waals surface area (Å²) in [6.07, 6.45) is 1.86. The molecule has 0 bridgehead atoms. The number of hydrogen-bond donors (Lipinski definition) is 1. The average Bonchev–Trinajstić information content (AvgIpc) is 2.27. The van der Waals surface area contributed by atoms with Gasteiger partial charge in [-0.05, 0) is 26.3 Å². The second kappa shape index (κ2) is 6.86. The Morgan fingerprint density at radius 2 is 1.94 bits per heavy atom. The Kier molecular flexibility index (Phi) is 5.77. The molecule has 1 unspecified atom stereocenters. The first-order chi connectivity index (χ1) is 7.63. The fraction of sp³-hybridized carbons (Fsp3) is 0.917. The molecule has 1 rings (SSSR count). The zero-order valence-electron chi connectivity index (χ0n) is 10.5. The number of nitrogens with zero attached hydrogens (tertiary/aromatic N) is 2. The standard InChI is InChI=1S/C12H24N2O2/c1-3-6-13-7-9-14(10-8-13)12(16)5-4-11(2)15/h11,15H,3-10H2,1-2H3. The Labute approximate surface area is 98.2 Å². The van der Waals surface area contributed by atoms with Crippen molar-refractivity contribution < 1.29 is 9.90 Å². The van der Waals surface area contributed by atoms with Crippen molar-refractivity contribution >= 4 is 5.91 Å². The van der Waals surface area contributed by atoms with E-state index in [2.05, 4.69) is 11.8 Å². The van der Waals surface area contributed by atoms with Gasteiger partial charge in [0.15, 0.2) is 0 Å². The molecule has 94 valence electrons. The lowest BCUT2D eigenvalue weighted by Crippen LogP contribution is -2.48. The fourth-order valence-corrected chi connectivity index (χ4v) is 2.03. The van der Waals surface area contributed by atoms with E-state index in [1.54, 1.807) is 6.92 Å². The molecule has 0 aromatic carbocycles. The van der Waals surface area contributed by atoms with Gasteiger partial charge in [0.05, 0.1) is 6.10 Å². The van der Waals surface area contributed by atoms with Gasteiger partial charge in [-0.3, -0.25) is 9.69 Å². The van der Waals surface area contributed by atoms with E-state index in [9.17, 15) is 4.79 Å². The summed E-state index contributed by atoms with van der Waals surface area (Å²) >= 11 is 0. The summed E-state index contributed by atoms with van der Waals surface area (Å²) in [5.41, 5.74) is 0. The number of rotatable bonds is 5. The van der Waals surface area contributed by atoms with Crippen molar-refractivity contribution in [2.24, 2.45) is 0 Å². The van der Waals surface area contributed by atoms with Crippen molar-refractivity contribution in [2.45, 2.75) is 39.2 Å². The highest BCUT2D eigenvalue weighted by Crippen LogP contribution is 2.06. The molecule has 0 aromatic heterocycles. The maximum Gasteiger partial charge on any atom is 0.222 e. The summed E-state index contributed by atoms with van der Waals surface area (Å²) in [5, 5.41) is 9.13. The molecule has 1 heterocycles. The SMILES string of the molecule is CCCN1CCN(C(=O)CCC(C)O)CC1. The first-order valence-corrected chi connectivity index (χ1v) is 6.31. The molecule has 1 aliphatic heterocycles. The summed E-state index contributed by atoms with van der Waals surface area (Å²) in [6, 6.07) is 0. The molecule has 1 amide bonds. The topological polar surface area (TPSA) is 43.8 Å². The van der Waals surface area contributed by atoms with Gasteiger partial charge >= 0.3 is 0 Å². The van der Waals surface area contributed by atoms with E-state index in [1.807, 2.05) is 4.90 Å². The maximum atomic E-state index is 11.8. The molecule has 0 radical (unpaired) electrons. The van der Waals surface area contributed by atoms with E-state index in [4.69, 9.17) is 5.11 Å². The highest BCUT2D eigenvalue weighted by Gasteiger charge is 2.20. The van der Waals surface area contributed by atoms with Crippen molar-refractivity contribution in [3.05, 3.63) is 0 Å². The second-order valence-electron chi connectivity index (χ2n) is 4.61. The quantitative estimate of drug-likeness (QED) is 0.753. The van der Waals surface area contributed by atoms with E-state index < -0.39 is 0 Å². The third kappa shape index (κ3) is 4.49. The highest BCUT2D eigenvalue weighted by molar-refractivity contribution is 5.76. The van der Waals surface area contributed by atoms with Crippen LogP contribution in [-0.2, 0) is 4.79 Å². The van der Waals surface area contributed by atoms with E-state index >= 15 is 0 Å². The van der Waals surface area contributed by atoms with E-state index in [-0.39, 0.29) is 12.0 Å². The van der Waals surface area contributed by atoms with Crippen LogP contribution in [0.5, 0.6) is 0 Å². The molecule has 1 N–H and O–H groups in total. The minimum absolute atomic E-state index is 0.192. The molecule has 0 aliphatic carbocycles. The number of piperazine rings is 1. The van der Waals surface area contributed by atoms with Crippen LogP contribution < -0.4 is 0 Å². The smallest absolute Gasteiger partial charge is 0.222 e. The normalized spacial score (nSPS) is 19.8. The zero-order chi connectivity index (χ0) is 12.0. The minimum atomic E-state index is -0.370. The van der Waals surface area contributed by atoms with Gasteiger partial charge in [0.25, 0.3) is 0 Å². The summed E-state index contributed by atoms with van der Waals surface area (Å²) < 4.78 is 0. The van der Waals surface area contributed by atoms with Gasteiger partial charge in [-0.1, -0.05) is 6.92 Å². The predicted octanol–water partition coefficient (Wildman–Crippen LogP) is 0.702. The highest BCUT2D eigenvalue weighted by atomic mass is 16.3. The number of hydrogen-bond acceptors (Lipinski definition) is 3. The third-order valence-electron chi connectivity index (χ3n) is 3.04. The molecular weight excluding hydrogens is 204 g/mol. The molecule has 1 aliphatic rings. The molecule has 0 aromatic rings. The van der Waals surface area contributed by atoms with E-state index in [0.29, 0.717) is 12.8 Å². The molecule has 16 heavy (non-hydrogen) atoms. The van der Waals surface area contributed by atoms with Crippen LogP contribution >= 0.6 is 0 Å². The van der Waals surface area contributed by atoms with E-state index in [0.717, 1.165) is 32.7 Å². The van der Waals surface area contributed by atoms with Crippen molar-refractivity contribution in [3.63, 3.8) is 0 Å². The van der Waals surface area contributed by atoms with Crippen molar-refractivity contribution in [3.8, 4) is 0 Å². The summed E-state index contributed by atoms with van der Waals surface area (Å²) in [4.78, 5) is 16.1. The molecule has 4 heteroatoms. The molecule has 1 fully saturated rings. The lowest BCUT2D eigenvalue weighted by molar-refractivity contribution is -0.133. The van der Waals surface area contributed by atoms with Crippen LogP contribution in [0.15, 0.2) is 0 Å². The molecule has 0 saturated carbocycles. The Morgan fingerprint density at radius 3 is 2.44 bits per heavy atom. The van der Waals surface area contributed by atoms with E-state index in [1.165, 1.54) is 6.42 Å². The lowest BCUT2D eigenvalue weighted by atomic mass is 10.2. The average molecular weight is 228 g/mol. The van der Waals surface area contributed by atoms with Crippen LogP contribution in [0.25, 0.3) is 0 Å². The third-order valence-corrected chi connectivity index (χ3v) is 3.04. The minimum Gasteiger partial charge on any atom is -0.393 e. The lowest BCUT2D eigenvalue weighted by Gasteiger charge is -2.34. The second-order valence-corrected chi connectivity index (χ2v) is 4.61. The first-order valence-electron chi connectivity index (χ1n) is 6.31. The Balaban J connectivity index is 2.22. The summed E-state index contributed by atoms with van der Waals surface area (Å²) in [7, 11) is 0. The predicted molar refractivity (Wildman–Crippen MR) is 64.2 cm³/mol. The number of aliphatic hydroxyl groups is 1. The van der Waals surface area contributed by atoms with Crippen LogP contribution in [-0.4, -0.2) is 59.6 Å². The molecule has 1 atom stereocenters. The molecule has 0 spiro atoms. The van der Waals surface area contributed by atoms with Gasteiger partial charge in [-0.2, -0.15) is 0 Å². The number of amides is 1. The van der Waals surface area contributed by atoms with Gasteiger partial charge < -0.3 is 10.0 Å². The number of carbonyl (C=O) groups is 1. The van der Waals surface area contributed by atoms with Crippen LogP contribution in [0.1, 0.15) is 33.1 Å². The van der Waals surface area contributed by atoms with Gasteiger partial charge in [0.2, 0.25) is 5.91 Å². The molecule has 4 nitrogen and oxygen atoms in total. The van der Waals surface area contributed by atoms with Gasteiger partial charge in [-0.15, -0.1) is 0 Å². The Bertz CT molecular complexity index is 211. The Morgan fingerprint density at radius 1 is 1.31 bits per heavy atom. The monoisotopic (exact) mass is 228 g/mol. The van der Waals surface area contributed by atoms with Crippen LogP contribution in [0.3, 0.4) is 0 Å². The van der Waals surface area contributed by atoms with Crippen molar-refractivity contribution in [2.75, 3.05) is 32.7 Å². The number of aliphatic hydroxyl groups excluding tert-OH is 1. The van der Waals surface area contributed by atoms with Crippen LogP contribution in [0.4, 0.5) is 0 Å². The van der Waals surface area contributed by atoms with Gasteiger partial charge in [-0.25, -0.2) is 0 Å². The Hall–Kier alpha value is -0.610. The maximum absolute atomic E-state index is 11.8. The zero-order valence-corrected chi connectivity index (χ0v) is 10.5. The van der Waals surface area contributed by atoms with Gasteiger partial charge in [0, 0.05) is 32.6 Å². The molecule has 1 saturated heterocycles. The van der Waals surface area contributed by atoms with Gasteiger partial charge in [0.1, 0.15) is 0 Å². The number of carbonyl (C=O) groups excluding carboxylic acids is 1. The van der Waals surface area contributed by atoms with Crippen LogP contribution in [0, 0.1) is 0 Å². The summed E-state index contributed by atoms with van der Waals surface area (Å²) in [6.45, 7) is 8.72. The first kappa shape index (κ1) is 13.5. The van der Waals surface area contributed by atoms with Crippen molar-refractivity contribution in [1.82, 2.24) is 9.80 Å². The van der Waals surface area contributed by atoms with Crippen molar-refractivity contribution in [1.29, 1.82) is 0 Å². The fourth-order valence-electron chi connectivity index (χ4n) is 2.03.